The molecule has 1 fully saturated rings. The summed E-state index contributed by atoms with van der Waals surface area (Å²) in [6, 6.07) is 14.9. The zero-order chi connectivity index (χ0) is 36.0. The number of aryl methyl sites for hydroxylation is 1. The number of piperazine rings is 1. The smallest absolute Gasteiger partial charge is 0.271 e. The van der Waals surface area contributed by atoms with Crippen LogP contribution in [0.5, 0.6) is 11.5 Å². The summed E-state index contributed by atoms with van der Waals surface area (Å²) in [4.78, 5) is 51.8. The number of para-hydroxylation sites is 1. The maximum Gasteiger partial charge on any atom is 0.271 e. The summed E-state index contributed by atoms with van der Waals surface area (Å²) in [5, 5.41) is 7.50. The van der Waals surface area contributed by atoms with E-state index in [4.69, 9.17) is 14.6 Å². The van der Waals surface area contributed by atoms with Crippen LogP contribution in [0.1, 0.15) is 52.0 Å². The van der Waals surface area contributed by atoms with Gasteiger partial charge >= 0.3 is 0 Å². The Morgan fingerprint density at radius 1 is 1.00 bits per heavy atom. The first-order valence-electron chi connectivity index (χ1n) is 16.3. The molecular weight excluding hydrogens is 662 g/mol. The Kier molecular flexibility index (Phi) is 11.4. The van der Waals surface area contributed by atoms with Crippen molar-refractivity contribution in [1.82, 2.24) is 19.8 Å². The Labute approximate surface area is 291 Å². The molecule has 0 aliphatic carbocycles. The average molecular weight is 706 g/mol. The quantitative estimate of drug-likeness (QED) is 0.175. The summed E-state index contributed by atoms with van der Waals surface area (Å²) in [5.41, 5.74) is 2.75. The number of amides is 3. The number of hydrogen-bond donors (Lipinski definition) is 3. The number of ether oxygens (including phenoxy) is 2. The molecule has 1 saturated heterocycles. The van der Waals surface area contributed by atoms with Crippen molar-refractivity contribution in [2.75, 3.05) is 64.2 Å². The van der Waals surface area contributed by atoms with Crippen molar-refractivity contribution >= 4 is 50.2 Å². The number of nitrogens with one attached hydrogen (secondary N) is 2. The molecule has 4 aromatic rings. The van der Waals surface area contributed by atoms with E-state index in [2.05, 4.69) is 27.2 Å². The Hall–Kier alpha value is -4.99. The highest BCUT2D eigenvalue weighted by atomic mass is 32.2. The van der Waals surface area contributed by atoms with Gasteiger partial charge < -0.3 is 34.5 Å². The number of imidazole rings is 1. The molecule has 15 heteroatoms. The van der Waals surface area contributed by atoms with Gasteiger partial charge in [0.05, 0.1) is 36.2 Å². The van der Waals surface area contributed by atoms with E-state index >= 15 is 0 Å². The minimum Gasteiger partial charge on any atom is -0.495 e. The van der Waals surface area contributed by atoms with Crippen LogP contribution in [0.15, 0.2) is 59.8 Å². The monoisotopic (exact) mass is 705 g/mol. The molecule has 0 bridgehead atoms. The van der Waals surface area contributed by atoms with E-state index < -0.39 is 21.1 Å². The van der Waals surface area contributed by atoms with Crippen molar-refractivity contribution in [3.05, 3.63) is 71.3 Å². The van der Waals surface area contributed by atoms with Crippen LogP contribution in [0.25, 0.3) is 11.0 Å². The maximum atomic E-state index is 13.7. The van der Waals surface area contributed by atoms with Crippen LogP contribution >= 0.6 is 0 Å². The number of rotatable bonds is 13. The summed E-state index contributed by atoms with van der Waals surface area (Å²) in [5.74, 6) is 0.126. The van der Waals surface area contributed by atoms with Crippen LogP contribution in [0, 0.1) is 6.92 Å². The average Bonchev–Trinajstić information content (AvgIpc) is 3.55. The van der Waals surface area contributed by atoms with Gasteiger partial charge in [-0.15, -0.1) is 0 Å². The fourth-order valence-corrected chi connectivity index (χ4v) is 6.18. The number of carbonyl (C=O) groups excluding carboxylic acids is 3. The van der Waals surface area contributed by atoms with Crippen molar-refractivity contribution in [2.45, 2.75) is 37.8 Å². The molecule has 0 spiro atoms. The lowest BCUT2D eigenvalue weighted by atomic mass is 10.1. The third-order valence-corrected chi connectivity index (χ3v) is 9.36. The van der Waals surface area contributed by atoms with Gasteiger partial charge in [-0.1, -0.05) is 12.1 Å². The van der Waals surface area contributed by atoms with Gasteiger partial charge in [0.1, 0.15) is 17.0 Å². The second-order valence-electron chi connectivity index (χ2n) is 12.3. The molecule has 2 heterocycles. The van der Waals surface area contributed by atoms with Crippen molar-refractivity contribution in [3.63, 3.8) is 0 Å². The number of fused-ring (bicyclic) bond motifs is 1. The van der Waals surface area contributed by atoms with Gasteiger partial charge in [-0.2, -0.15) is 0 Å². The molecule has 0 saturated carbocycles. The van der Waals surface area contributed by atoms with E-state index in [0.717, 1.165) is 51.0 Å². The highest BCUT2D eigenvalue weighted by Gasteiger charge is 2.23. The SMILES string of the molecule is COc1cc(C(=O)N(C)c2ccc(C)cc2OCCCCCC(=O)N2CCN(C)CC2)ccc1NC(=O)c1cccc2[nH]c(S(N)(=O)=O)nc12. The minimum absolute atomic E-state index is 0.113. The van der Waals surface area contributed by atoms with E-state index in [-0.39, 0.29) is 28.6 Å². The second kappa shape index (κ2) is 15.7. The molecule has 1 aliphatic heterocycles. The van der Waals surface area contributed by atoms with Crippen molar-refractivity contribution in [1.29, 1.82) is 0 Å². The van der Waals surface area contributed by atoms with Gasteiger partial charge in [0.25, 0.3) is 21.8 Å². The summed E-state index contributed by atoms with van der Waals surface area (Å²) >= 11 is 0. The highest BCUT2D eigenvalue weighted by molar-refractivity contribution is 7.89. The summed E-state index contributed by atoms with van der Waals surface area (Å²) < 4.78 is 35.2. The van der Waals surface area contributed by atoms with Gasteiger partial charge in [0, 0.05) is 45.2 Å². The van der Waals surface area contributed by atoms with Crippen molar-refractivity contribution < 1.29 is 32.3 Å². The molecule has 3 amide bonds. The number of unbranched alkanes of at least 4 members (excludes halogenated alkanes) is 2. The van der Waals surface area contributed by atoms with Crippen LogP contribution in [0.4, 0.5) is 11.4 Å². The molecule has 0 unspecified atom stereocenters. The number of carbonyl (C=O) groups is 3. The van der Waals surface area contributed by atoms with Gasteiger partial charge in [0.15, 0.2) is 0 Å². The number of likely N-dealkylation sites (N-methyl/N-ethyl adjacent to an activating group) is 1. The molecular formula is C35H43N7O7S. The number of anilines is 2. The van der Waals surface area contributed by atoms with Gasteiger partial charge in [0.2, 0.25) is 11.1 Å². The zero-order valence-corrected chi connectivity index (χ0v) is 29.5. The Balaban J connectivity index is 1.21. The molecule has 0 atom stereocenters. The Morgan fingerprint density at radius 3 is 2.48 bits per heavy atom. The molecule has 1 aromatic heterocycles. The third-order valence-electron chi connectivity index (χ3n) is 8.63. The lowest BCUT2D eigenvalue weighted by molar-refractivity contribution is -0.132. The van der Waals surface area contributed by atoms with Gasteiger partial charge in [-0.25, -0.2) is 18.5 Å². The van der Waals surface area contributed by atoms with E-state index in [1.807, 2.05) is 30.0 Å². The molecule has 5 rings (SSSR count). The number of H-pyrrole nitrogens is 1. The van der Waals surface area contributed by atoms with Crippen molar-refractivity contribution in [3.8, 4) is 11.5 Å². The van der Waals surface area contributed by atoms with Crippen LogP contribution in [0.2, 0.25) is 0 Å². The Bertz CT molecular complexity index is 1990. The first kappa shape index (κ1) is 36.3. The molecule has 14 nitrogen and oxygen atoms in total. The fourth-order valence-electron chi connectivity index (χ4n) is 5.71. The van der Waals surface area contributed by atoms with E-state index in [1.54, 1.807) is 31.3 Å². The van der Waals surface area contributed by atoms with Gasteiger partial charge in [-0.3, -0.25) is 14.4 Å². The number of methoxy groups -OCH3 is 1. The Morgan fingerprint density at radius 2 is 1.76 bits per heavy atom. The van der Waals surface area contributed by atoms with Crippen LogP contribution in [0.3, 0.4) is 0 Å². The minimum atomic E-state index is -4.11. The number of aromatic nitrogens is 2. The third kappa shape index (κ3) is 8.59. The summed E-state index contributed by atoms with van der Waals surface area (Å²) in [6.07, 6.45) is 2.95. The number of sulfonamides is 1. The van der Waals surface area contributed by atoms with Crippen LogP contribution in [-0.4, -0.2) is 99.9 Å². The number of nitrogens with zero attached hydrogens (tertiary/aromatic N) is 4. The summed E-state index contributed by atoms with van der Waals surface area (Å²) in [6.45, 7) is 5.78. The van der Waals surface area contributed by atoms with Gasteiger partial charge in [-0.05, 0) is 81.3 Å². The van der Waals surface area contributed by atoms with E-state index in [1.165, 1.54) is 24.1 Å². The number of hydrogen-bond acceptors (Lipinski definition) is 9. The largest absolute Gasteiger partial charge is 0.495 e. The van der Waals surface area contributed by atoms with Crippen LogP contribution < -0.4 is 24.8 Å². The first-order valence-corrected chi connectivity index (χ1v) is 17.9. The second-order valence-corrected chi connectivity index (χ2v) is 13.8. The normalized spacial score (nSPS) is 13.7. The summed E-state index contributed by atoms with van der Waals surface area (Å²) in [7, 11) is 1.04. The highest BCUT2D eigenvalue weighted by Crippen LogP contribution is 2.32. The zero-order valence-electron chi connectivity index (χ0n) is 28.7. The standard InChI is InChI=1S/C35H43N7O7S/c1-23-12-15-28(30(21-23)49-20-7-5-6-11-31(43)42-18-16-40(2)17-19-42)41(3)34(45)24-13-14-26(29(22-24)48-4)37-33(44)25-9-8-10-27-32(25)39-35(38-27)50(36,46)47/h8-10,12-15,21-22H,5-7,11,16-20H2,1-4H3,(H,37,44)(H,38,39)(H2,36,46,47). The number of nitrogens with two attached hydrogens (primary N) is 1. The van der Waals surface area contributed by atoms with Crippen LogP contribution in [-0.2, 0) is 14.8 Å². The topological polar surface area (TPSA) is 180 Å². The first-order chi connectivity index (χ1) is 23.8. The number of primary sulfonamides is 1. The molecule has 3 aromatic carbocycles. The predicted octanol–water partition coefficient (Wildman–Crippen LogP) is 3.77. The molecule has 50 heavy (non-hydrogen) atoms. The lowest BCUT2D eigenvalue weighted by Crippen LogP contribution is -2.47. The molecule has 0 radical (unpaired) electrons. The maximum absolute atomic E-state index is 13.7. The number of benzene rings is 3. The number of aromatic amines is 1. The van der Waals surface area contributed by atoms with Crippen molar-refractivity contribution in [2.24, 2.45) is 5.14 Å². The van der Waals surface area contributed by atoms with E-state index in [0.29, 0.717) is 41.2 Å². The predicted molar refractivity (Wildman–Crippen MR) is 190 cm³/mol. The fraction of sp³-hybridized carbons (Fsp3) is 0.371. The molecule has 4 N–H and O–H groups in total. The lowest BCUT2D eigenvalue weighted by Gasteiger charge is -2.32. The molecule has 266 valence electrons. The molecule has 1 aliphatic rings. The van der Waals surface area contributed by atoms with E-state index in [9.17, 15) is 22.8 Å².